The first-order valence-electron chi connectivity index (χ1n) is 7.12. The summed E-state index contributed by atoms with van der Waals surface area (Å²) < 4.78 is 0. The Balaban J connectivity index is 2.20. The number of carbonyl (C=O) groups is 1. The minimum atomic E-state index is 0.0428. The van der Waals surface area contributed by atoms with Crippen LogP contribution in [0.4, 0.5) is 5.82 Å². The number of aromatic nitrogens is 1. The van der Waals surface area contributed by atoms with E-state index in [1.54, 1.807) is 12.1 Å². The third kappa shape index (κ3) is 3.63. The summed E-state index contributed by atoms with van der Waals surface area (Å²) in [5.41, 5.74) is 0.800. The quantitative estimate of drug-likeness (QED) is 0.869. The second kappa shape index (κ2) is 6.00. The van der Waals surface area contributed by atoms with Crippen molar-refractivity contribution in [2.24, 2.45) is 5.41 Å². The fourth-order valence-electron chi connectivity index (χ4n) is 2.67. The standard InChI is InChI=1S/C15H22ClN3O/c1-4-17-13-9-11(8-12(16)18-13)14(20)19-7-5-6-15(2,3)10-19/h8-9H,4-7,10H2,1-3H3,(H,17,18). The Bertz CT molecular complexity index is 502. The Morgan fingerprint density at radius 1 is 1.50 bits per heavy atom. The zero-order valence-corrected chi connectivity index (χ0v) is 13.1. The van der Waals surface area contributed by atoms with Crippen molar-refractivity contribution >= 4 is 23.3 Å². The highest BCUT2D eigenvalue weighted by Gasteiger charge is 2.29. The van der Waals surface area contributed by atoms with Gasteiger partial charge in [0.1, 0.15) is 11.0 Å². The molecule has 0 radical (unpaired) electrons. The van der Waals surface area contributed by atoms with Gasteiger partial charge >= 0.3 is 0 Å². The molecular formula is C15H22ClN3O. The molecule has 2 heterocycles. The van der Waals surface area contributed by atoms with E-state index in [4.69, 9.17) is 11.6 Å². The van der Waals surface area contributed by atoms with Gasteiger partial charge in [0.2, 0.25) is 0 Å². The van der Waals surface area contributed by atoms with Crippen molar-refractivity contribution in [3.05, 3.63) is 22.8 Å². The smallest absolute Gasteiger partial charge is 0.254 e. The molecule has 1 aliphatic heterocycles. The molecule has 0 atom stereocenters. The van der Waals surface area contributed by atoms with E-state index in [-0.39, 0.29) is 11.3 Å². The summed E-state index contributed by atoms with van der Waals surface area (Å²) >= 11 is 6.00. The van der Waals surface area contributed by atoms with E-state index in [1.165, 1.54) is 0 Å². The Morgan fingerprint density at radius 3 is 2.90 bits per heavy atom. The van der Waals surface area contributed by atoms with Crippen LogP contribution in [0.5, 0.6) is 0 Å². The molecule has 0 aliphatic carbocycles. The zero-order valence-electron chi connectivity index (χ0n) is 12.4. The van der Waals surface area contributed by atoms with Crippen molar-refractivity contribution in [3.63, 3.8) is 0 Å². The van der Waals surface area contributed by atoms with Crippen LogP contribution < -0.4 is 5.32 Å². The van der Waals surface area contributed by atoms with E-state index >= 15 is 0 Å². The molecule has 4 nitrogen and oxygen atoms in total. The summed E-state index contributed by atoms with van der Waals surface area (Å²) in [5, 5.41) is 3.45. The Kier molecular flexibility index (Phi) is 4.53. The molecule has 20 heavy (non-hydrogen) atoms. The number of likely N-dealkylation sites (tertiary alicyclic amines) is 1. The monoisotopic (exact) mass is 295 g/mol. The molecule has 1 aliphatic rings. The number of nitrogens with one attached hydrogen (secondary N) is 1. The van der Waals surface area contributed by atoms with Crippen LogP contribution in [0.2, 0.25) is 5.15 Å². The number of piperidine rings is 1. The Hall–Kier alpha value is -1.29. The summed E-state index contributed by atoms with van der Waals surface area (Å²) in [5.74, 6) is 0.695. The van der Waals surface area contributed by atoms with Crippen LogP contribution in [-0.4, -0.2) is 35.4 Å². The Labute approximate surface area is 125 Å². The number of amides is 1. The lowest BCUT2D eigenvalue weighted by Crippen LogP contribution is -2.43. The lowest BCUT2D eigenvalue weighted by Gasteiger charge is -2.38. The van der Waals surface area contributed by atoms with Gasteiger partial charge in [-0.05, 0) is 37.3 Å². The van der Waals surface area contributed by atoms with Crippen LogP contribution >= 0.6 is 11.6 Å². The van der Waals surface area contributed by atoms with Gasteiger partial charge in [-0.25, -0.2) is 4.98 Å². The highest BCUT2D eigenvalue weighted by atomic mass is 35.5. The average molecular weight is 296 g/mol. The molecule has 0 aromatic carbocycles. The van der Waals surface area contributed by atoms with E-state index in [2.05, 4.69) is 24.1 Å². The predicted molar refractivity (Wildman–Crippen MR) is 82.3 cm³/mol. The van der Waals surface area contributed by atoms with Crippen LogP contribution in [0.25, 0.3) is 0 Å². The first-order chi connectivity index (χ1) is 9.41. The number of pyridine rings is 1. The second-order valence-corrected chi connectivity index (χ2v) is 6.48. The maximum absolute atomic E-state index is 12.6. The predicted octanol–water partition coefficient (Wildman–Crippen LogP) is 3.43. The Morgan fingerprint density at radius 2 is 2.25 bits per heavy atom. The zero-order chi connectivity index (χ0) is 14.8. The average Bonchev–Trinajstić information content (AvgIpc) is 2.36. The van der Waals surface area contributed by atoms with Gasteiger partial charge in [-0.2, -0.15) is 0 Å². The third-order valence-corrected chi connectivity index (χ3v) is 3.78. The third-order valence-electron chi connectivity index (χ3n) is 3.59. The maximum Gasteiger partial charge on any atom is 0.254 e. The molecule has 1 N–H and O–H groups in total. The van der Waals surface area contributed by atoms with Crippen molar-refractivity contribution in [3.8, 4) is 0 Å². The molecule has 2 rings (SSSR count). The molecule has 1 saturated heterocycles. The first kappa shape index (κ1) is 15.1. The summed E-state index contributed by atoms with van der Waals surface area (Å²) in [7, 11) is 0. The lowest BCUT2D eigenvalue weighted by atomic mass is 9.84. The van der Waals surface area contributed by atoms with Gasteiger partial charge < -0.3 is 10.2 Å². The number of hydrogen-bond acceptors (Lipinski definition) is 3. The van der Waals surface area contributed by atoms with E-state index in [0.29, 0.717) is 16.5 Å². The van der Waals surface area contributed by atoms with Gasteiger partial charge in [-0.15, -0.1) is 0 Å². The van der Waals surface area contributed by atoms with E-state index in [1.807, 2.05) is 11.8 Å². The highest BCUT2D eigenvalue weighted by Crippen LogP contribution is 2.29. The fourth-order valence-corrected chi connectivity index (χ4v) is 2.88. The number of rotatable bonds is 3. The number of hydrogen-bond donors (Lipinski definition) is 1. The number of nitrogens with zero attached hydrogens (tertiary/aromatic N) is 2. The van der Waals surface area contributed by atoms with Gasteiger partial charge in [0.25, 0.3) is 5.91 Å². The molecule has 0 unspecified atom stereocenters. The molecule has 5 heteroatoms. The summed E-state index contributed by atoms with van der Waals surface area (Å²) in [6.45, 7) is 8.75. The van der Waals surface area contributed by atoms with Crippen molar-refractivity contribution in [2.75, 3.05) is 25.0 Å². The van der Waals surface area contributed by atoms with Crippen molar-refractivity contribution in [2.45, 2.75) is 33.6 Å². The van der Waals surface area contributed by atoms with Crippen LogP contribution in [0, 0.1) is 5.41 Å². The molecule has 1 fully saturated rings. The van der Waals surface area contributed by atoms with Crippen molar-refractivity contribution < 1.29 is 4.79 Å². The van der Waals surface area contributed by atoms with Gasteiger partial charge in [0.15, 0.2) is 0 Å². The SMILES string of the molecule is CCNc1cc(C(=O)N2CCCC(C)(C)C2)cc(Cl)n1. The van der Waals surface area contributed by atoms with Gasteiger partial charge in [-0.1, -0.05) is 25.4 Å². The summed E-state index contributed by atoms with van der Waals surface area (Å²) in [6.07, 6.45) is 2.22. The normalized spacial score (nSPS) is 17.9. The summed E-state index contributed by atoms with van der Waals surface area (Å²) in [4.78, 5) is 18.7. The van der Waals surface area contributed by atoms with Crippen molar-refractivity contribution in [1.29, 1.82) is 0 Å². The van der Waals surface area contributed by atoms with Gasteiger partial charge in [-0.3, -0.25) is 4.79 Å². The molecule has 1 aromatic heterocycles. The van der Waals surface area contributed by atoms with Gasteiger partial charge in [0, 0.05) is 25.2 Å². The van der Waals surface area contributed by atoms with Crippen molar-refractivity contribution in [1.82, 2.24) is 9.88 Å². The molecule has 0 saturated carbocycles. The number of anilines is 1. The molecule has 1 amide bonds. The van der Waals surface area contributed by atoms with Crippen LogP contribution in [0.1, 0.15) is 44.0 Å². The van der Waals surface area contributed by atoms with Crippen LogP contribution in [0.3, 0.4) is 0 Å². The van der Waals surface area contributed by atoms with Crippen LogP contribution in [-0.2, 0) is 0 Å². The molecular weight excluding hydrogens is 274 g/mol. The minimum Gasteiger partial charge on any atom is -0.370 e. The highest BCUT2D eigenvalue weighted by molar-refractivity contribution is 6.29. The topological polar surface area (TPSA) is 45.2 Å². The molecule has 110 valence electrons. The maximum atomic E-state index is 12.6. The number of halogens is 1. The fraction of sp³-hybridized carbons (Fsp3) is 0.600. The summed E-state index contributed by atoms with van der Waals surface area (Å²) in [6, 6.07) is 3.42. The van der Waals surface area contributed by atoms with Crippen LogP contribution in [0.15, 0.2) is 12.1 Å². The molecule has 0 spiro atoms. The minimum absolute atomic E-state index is 0.0428. The van der Waals surface area contributed by atoms with E-state index < -0.39 is 0 Å². The molecule has 1 aromatic rings. The van der Waals surface area contributed by atoms with E-state index in [9.17, 15) is 4.79 Å². The van der Waals surface area contributed by atoms with E-state index in [0.717, 1.165) is 32.5 Å². The molecule has 0 bridgehead atoms. The largest absolute Gasteiger partial charge is 0.370 e. The second-order valence-electron chi connectivity index (χ2n) is 6.09. The first-order valence-corrected chi connectivity index (χ1v) is 7.50. The lowest BCUT2D eigenvalue weighted by molar-refractivity contribution is 0.0583. The van der Waals surface area contributed by atoms with Gasteiger partial charge in [0.05, 0.1) is 0 Å². The number of carbonyl (C=O) groups excluding carboxylic acids is 1.